The molecule has 1 aromatic rings. The van der Waals surface area contributed by atoms with Crippen LogP contribution in [-0.2, 0) is 0 Å². The number of hydrogen-bond acceptors (Lipinski definition) is 3. The molecule has 0 saturated carbocycles. The van der Waals surface area contributed by atoms with E-state index in [-0.39, 0.29) is 41.6 Å². The first-order valence-corrected chi connectivity index (χ1v) is 8.11. The molecule has 0 bridgehead atoms. The van der Waals surface area contributed by atoms with Crippen LogP contribution in [0, 0.1) is 5.82 Å². The van der Waals surface area contributed by atoms with Crippen molar-refractivity contribution in [2.45, 2.75) is 26.4 Å². The Morgan fingerprint density at radius 2 is 2.00 bits per heavy atom. The van der Waals surface area contributed by atoms with Gasteiger partial charge < -0.3 is 20.3 Å². The number of halogens is 2. The predicted molar refractivity (Wildman–Crippen MR) is 109 cm³/mol. The minimum absolute atomic E-state index is 0. The largest absolute Gasteiger partial charge is 0.486 e. The highest BCUT2D eigenvalue weighted by atomic mass is 127. The van der Waals surface area contributed by atoms with Crippen LogP contribution in [0.2, 0.25) is 0 Å². The molecule has 1 aromatic carbocycles. The van der Waals surface area contributed by atoms with Crippen molar-refractivity contribution in [2.75, 3.05) is 40.3 Å². The van der Waals surface area contributed by atoms with Crippen LogP contribution in [0.4, 0.5) is 4.39 Å². The third kappa shape index (κ3) is 9.92. The molecular weight excluding hydrogens is 422 g/mol. The molecule has 0 aliphatic heterocycles. The molecular formula is C17H30FIN4O. The lowest BCUT2D eigenvalue weighted by atomic mass is 10.3. The van der Waals surface area contributed by atoms with Gasteiger partial charge in [-0.05, 0) is 53.0 Å². The van der Waals surface area contributed by atoms with Crippen LogP contribution in [0.15, 0.2) is 29.3 Å². The van der Waals surface area contributed by atoms with Gasteiger partial charge in [0.25, 0.3) is 0 Å². The Kier molecular flexibility index (Phi) is 12.6. The van der Waals surface area contributed by atoms with Crippen LogP contribution >= 0.6 is 24.0 Å². The predicted octanol–water partition coefficient (Wildman–Crippen LogP) is 2.72. The minimum atomic E-state index is -0.350. The fourth-order valence-electron chi connectivity index (χ4n) is 1.96. The average Bonchev–Trinajstić information content (AvgIpc) is 2.51. The maximum absolute atomic E-state index is 13.6. The normalized spacial score (nSPS) is 12.5. The van der Waals surface area contributed by atoms with Crippen LogP contribution in [0.1, 0.15) is 20.3 Å². The number of guanidine groups is 1. The summed E-state index contributed by atoms with van der Waals surface area (Å²) in [5.74, 6) is 0.673. The number of ether oxygens (including phenoxy) is 1. The molecule has 0 amide bonds. The van der Waals surface area contributed by atoms with Gasteiger partial charge in [0.1, 0.15) is 6.10 Å². The van der Waals surface area contributed by atoms with E-state index in [2.05, 4.69) is 34.6 Å². The molecule has 0 saturated heterocycles. The van der Waals surface area contributed by atoms with Crippen LogP contribution < -0.4 is 15.4 Å². The lowest BCUT2D eigenvalue weighted by Crippen LogP contribution is -2.39. The summed E-state index contributed by atoms with van der Waals surface area (Å²) in [7, 11) is 4.11. The van der Waals surface area contributed by atoms with Gasteiger partial charge in [0.05, 0.1) is 6.54 Å². The van der Waals surface area contributed by atoms with E-state index in [4.69, 9.17) is 4.74 Å². The zero-order valence-corrected chi connectivity index (χ0v) is 17.3. The Hall–Kier alpha value is -1.09. The van der Waals surface area contributed by atoms with E-state index in [1.807, 2.05) is 13.8 Å². The van der Waals surface area contributed by atoms with Gasteiger partial charge in [-0.15, -0.1) is 24.0 Å². The van der Waals surface area contributed by atoms with Crippen molar-refractivity contribution in [1.29, 1.82) is 0 Å². The molecule has 1 rings (SSSR count). The Balaban J connectivity index is 0.00000529. The number of aliphatic imine (C=N–C) groups is 1. The Labute approximate surface area is 162 Å². The zero-order valence-electron chi connectivity index (χ0n) is 15.0. The highest BCUT2D eigenvalue weighted by Gasteiger charge is 2.08. The summed E-state index contributed by atoms with van der Waals surface area (Å²) in [6.07, 6.45) is 0.836. The standard InChI is InChI=1S/C17H29FN4O.HI/c1-5-19-17(20-11-8-12-22(3)4)21-13-14(2)23-16-10-7-6-9-15(16)18;/h6-7,9-10,14H,5,8,11-13H2,1-4H3,(H2,19,20,21);1H. The highest BCUT2D eigenvalue weighted by Crippen LogP contribution is 2.16. The molecule has 0 fully saturated rings. The van der Waals surface area contributed by atoms with Crippen LogP contribution in [0.25, 0.3) is 0 Å². The molecule has 0 aliphatic rings. The minimum Gasteiger partial charge on any atom is -0.486 e. The molecule has 1 atom stereocenters. The van der Waals surface area contributed by atoms with Gasteiger partial charge in [-0.25, -0.2) is 9.38 Å². The van der Waals surface area contributed by atoms with E-state index in [1.165, 1.54) is 6.07 Å². The van der Waals surface area contributed by atoms with Crippen molar-refractivity contribution >= 4 is 29.9 Å². The molecule has 0 heterocycles. The van der Waals surface area contributed by atoms with Gasteiger partial charge in [0.15, 0.2) is 17.5 Å². The Bertz CT molecular complexity index is 485. The maximum atomic E-state index is 13.6. The molecule has 0 aliphatic carbocycles. The quantitative estimate of drug-likeness (QED) is 0.262. The molecule has 0 aromatic heterocycles. The lowest BCUT2D eigenvalue weighted by Gasteiger charge is -2.16. The fraction of sp³-hybridized carbons (Fsp3) is 0.588. The van der Waals surface area contributed by atoms with E-state index >= 15 is 0 Å². The van der Waals surface area contributed by atoms with Crippen LogP contribution in [0.5, 0.6) is 5.75 Å². The zero-order chi connectivity index (χ0) is 17.1. The van der Waals surface area contributed by atoms with Crippen molar-refractivity contribution < 1.29 is 9.13 Å². The third-order valence-electron chi connectivity index (χ3n) is 3.09. The van der Waals surface area contributed by atoms with E-state index in [9.17, 15) is 4.39 Å². The van der Waals surface area contributed by atoms with Gasteiger partial charge in [0, 0.05) is 13.1 Å². The highest BCUT2D eigenvalue weighted by molar-refractivity contribution is 14.0. The fourth-order valence-corrected chi connectivity index (χ4v) is 1.96. The second-order valence-corrected chi connectivity index (χ2v) is 5.66. The van der Waals surface area contributed by atoms with Gasteiger partial charge in [-0.1, -0.05) is 12.1 Å². The summed E-state index contributed by atoms with van der Waals surface area (Å²) in [4.78, 5) is 6.64. The van der Waals surface area contributed by atoms with Crippen LogP contribution in [0.3, 0.4) is 0 Å². The van der Waals surface area contributed by atoms with Crippen molar-refractivity contribution in [3.63, 3.8) is 0 Å². The second-order valence-electron chi connectivity index (χ2n) is 5.66. The van der Waals surface area contributed by atoms with E-state index in [0.717, 1.165) is 32.0 Å². The van der Waals surface area contributed by atoms with Crippen molar-refractivity contribution in [2.24, 2.45) is 4.99 Å². The number of nitrogens with zero attached hydrogens (tertiary/aromatic N) is 2. The van der Waals surface area contributed by atoms with E-state index in [0.29, 0.717) is 6.54 Å². The van der Waals surface area contributed by atoms with Gasteiger partial charge >= 0.3 is 0 Å². The van der Waals surface area contributed by atoms with Crippen molar-refractivity contribution in [3.8, 4) is 5.75 Å². The summed E-state index contributed by atoms with van der Waals surface area (Å²) in [6, 6.07) is 6.42. The molecule has 0 spiro atoms. The first-order valence-electron chi connectivity index (χ1n) is 8.11. The Morgan fingerprint density at radius 1 is 1.29 bits per heavy atom. The van der Waals surface area contributed by atoms with E-state index in [1.54, 1.807) is 18.2 Å². The molecule has 5 nitrogen and oxygen atoms in total. The lowest BCUT2D eigenvalue weighted by molar-refractivity contribution is 0.220. The third-order valence-corrected chi connectivity index (χ3v) is 3.09. The smallest absolute Gasteiger partial charge is 0.191 e. The van der Waals surface area contributed by atoms with Crippen molar-refractivity contribution in [3.05, 3.63) is 30.1 Å². The van der Waals surface area contributed by atoms with Gasteiger partial charge in [-0.3, -0.25) is 0 Å². The maximum Gasteiger partial charge on any atom is 0.191 e. The van der Waals surface area contributed by atoms with Crippen LogP contribution in [-0.4, -0.2) is 57.2 Å². The summed E-state index contributed by atoms with van der Waals surface area (Å²) in [6.45, 7) is 7.03. The number of nitrogens with one attached hydrogen (secondary N) is 2. The molecule has 1 unspecified atom stereocenters. The van der Waals surface area contributed by atoms with Gasteiger partial charge in [-0.2, -0.15) is 0 Å². The average molecular weight is 452 g/mol. The number of para-hydroxylation sites is 1. The molecule has 7 heteroatoms. The van der Waals surface area contributed by atoms with Crippen molar-refractivity contribution in [1.82, 2.24) is 15.5 Å². The molecule has 0 radical (unpaired) electrons. The monoisotopic (exact) mass is 452 g/mol. The number of hydrogen-bond donors (Lipinski definition) is 2. The number of rotatable bonds is 9. The summed E-state index contributed by atoms with van der Waals surface area (Å²) in [5.41, 5.74) is 0. The summed E-state index contributed by atoms with van der Waals surface area (Å²) in [5, 5.41) is 6.49. The summed E-state index contributed by atoms with van der Waals surface area (Å²) >= 11 is 0. The Morgan fingerprint density at radius 3 is 2.62 bits per heavy atom. The first-order chi connectivity index (χ1) is 11.0. The molecule has 24 heavy (non-hydrogen) atoms. The summed E-state index contributed by atoms with van der Waals surface area (Å²) < 4.78 is 19.1. The number of benzene rings is 1. The molecule has 2 N–H and O–H groups in total. The first kappa shape index (κ1) is 22.9. The van der Waals surface area contributed by atoms with Gasteiger partial charge in [0.2, 0.25) is 0 Å². The topological polar surface area (TPSA) is 48.9 Å². The van der Waals surface area contributed by atoms with E-state index < -0.39 is 0 Å². The second kappa shape index (κ2) is 13.2. The SMILES string of the molecule is CCNC(=NCC(C)Oc1ccccc1F)NCCCN(C)C.I. The molecule has 138 valence electrons.